The van der Waals surface area contributed by atoms with E-state index in [1.165, 1.54) is 6.07 Å². The van der Waals surface area contributed by atoms with Crippen molar-refractivity contribution in [3.8, 4) is 6.07 Å². The van der Waals surface area contributed by atoms with Crippen LogP contribution in [-0.4, -0.2) is 35.9 Å². The van der Waals surface area contributed by atoms with Crippen LogP contribution in [0.1, 0.15) is 11.1 Å². The molecule has 1 N–H and O–H groups in total. The number of nitriles is 1. The predicted molar refractivity (Wildman–Crippen MR) is 59.5 cm³/mol. The number of halogens is 4. The van der Waals surface area contributed by atoms with Crippen LogP contribution in [-0.2, 0) is 6.54 Å². The molecule has 0 saturated carbocycles. The molecule has 0 aromatic heterocycles. The molecule has 0 unspecified atom stereocenters. The Kier molecular flexibility index (Phi) is 5.27. The Morgan fingerprint density at radius 2 is 2.00 bits per heavy atom. The van der Waals surface area contributed by atoms with Gasteiger partial charge < -0.3 is 5.11 Å². The average molecular weight is 276 g/mol. The molecule has 0 heterocycles. The van der Waals surface area contributed by atoms with Gasteiger partial charge in [0, 0.05) is 13.1 Å². The largest absolute Gasteiger partial charge is 0.401 e. The predicted octanol–water partition coefficient (Wildman–Crippen LogP) is 2.05. The Hall–Kier alpha value is -1.65. The van der Waals surface area contributed by atoms with E-state index in [4.69, 9.17) is 10.4 Å². The third-order valence-corrected chi connectivity index (χ3v) is 2.40. The summed E-state index contributed by atoms with van der Waals surface area (Å²) in [5.74, 6) is -0.620. The van der Waals surface area contributed by atoms with Crippen LogP contribution in [0.3, 0.4) is 0 Å². The van der Waals surface area contributed by atoms with Crippen molar-refractivity contribution >= 4 is 0 Å². The molecule has 1 rings (SSSR count). The van der Waals surface area contributed by atoms with Crippen LogP contribution >= 0.6 is 0 Å². The van der Waals surface area contributed by atoms with Crippen molar-refractivity contribution in [3.05, 3.63) is 35.1 Å². The lowest BCUT2D eigenvalue weighted by Gasteiger charge is -2.23. The summed E-state index contributed by atoms with van der Waals surface area (Å²) in [7, 11) is 0. The Bertz CT molecular complexity index is 468. The van der Waals surface area contributed by atoms with Crippen molar-refractivity contribution < 1.29 is 22.7 Å². The Morgan fingerprint density at radius 1 is 1.32 bits per heavy atom. The average Bonchev–Trinajstić information content (AvgIpc) is 2.27. The summed E-state index contributed by atoms with van der Waals surface area (Å²) < 4.78 is 50.1. The molecule has 0 amide bonds. The molecular formula is C12H12F4N2O. The number of hydrogen-bond acceptors (Lipinski definition) is 3. The molecule has 0 fully saturated rings. The van der Waals surface area contributed by atoms with E-state index in [2.05, 4.69) is 0 Å². The van der Waals surface area contributed by atoms with Gasteiger partial charge >= 0.3 is 6.18 Å². The highest BCUT2D eigenvalue weighted by molar-refractivity contribution is 5.37. The maximum Gasteiger partial charge on any atom is 0.401 e. The van der Waals surface area contributed by atoms with Gasteiger partial charge in [-0.15, -0.1) is 0 Å². The van der Waals surface area contributed by atoms with Gasteiger partial charge in [0.15, 0.2) is 0 Å². The van der Waals surface area contributed by atoms with Gasteiger partial charge in [-0.1, -0.05) is 0 Å². The van der Waals surface area contributed by atoms with Crippen LogP contribution in [0.25, 0.3) is 0 Å². The van der Waals surface area contributed by atoms with Crippen LogP contribution in [0.15, 0.2) is 18.2 Å². The van der Waals surface area contributed by atoms with Gasteiger partial charge in [0.05, 0.1) is 24.8 Å². The molecule has 7 heteroatoms. The van der Waals surface area contributed by atoms with Gasteiger partial charge in [0.1, 0.15) is 5.82 Å². The Labute approximate surface area is 107 Å². The van der Waals surface area contributed by atoms with Crippen LogP contribution in [0, 0.1) is 17.1 Å². The second kappa shape index (κ2) is 6.50. The summed E-state index contributed by atoms with van der Waals surface area (Å²) in [6.07, 6.45) is -4.42. The fraction of sp³-hybridized carbons (Fsp3) is 0.417. The lowest BCUT2D eigenvalue weighted by atomic mass is 10.1. The van der Waals surface area contributed by atoms with E-state index in [-0.39, 0.29) is 24.2 Å². The molecule has 0 spiro atoms. The van der Waals surface area contributed by atoms with E-state index in [0.717, 1.165) is 17.0 Å². The number of rotatable bonds is 5. The quantitative estimate of drug-likeness (QED) is 0.837. The van der Waals surface area contributed by atoms with Crippen molar-refractivity contribution in [1.82, 2.24) is 4.90 Å². The van der Waals surface area contributed by atoms with E-state index < -0.39 is 25.1 Å². The fourth-order valence-corrected chi connectivity index (χ4v) is 1.65. The van der Waals surface area contributed by atoms with Crippen molar-refractivity contribution in [2.24, 2.45) is 0 Å². The first-order valence-electron chi connectivity index (χ1n) is 5.44. The Morgan fingerprint density at radius 3 is 2.53 bits per heavy atom. The van der Waals surface area contributed by atoms with Crippen LogP contribution < -0.4 is 0 Å². The fourth-order valence-electron chi connectivity index (χ4n) is 1.65. The monoisotopic (exact) mass is 276 g/mol. The lowest BCUT2D eigenvalue weighted by molar-refractivity contribution is -0.148. The Balaban J connectivity index is 2.90. The van der Waals surface area contributed by atoms with Gasteiger partial charge in [-0.25, -0.2) is 4.39 Å². The highest BCUT2D eigenvalue weighted by Crippen LogP contribution is 2.19. The second-order valence-corrected chi connectivity index (χ2v) is 3.96. The first kappa shape index (κ1) is 15.4. The summed E-state index contributed by atoms with van der Waals surface area (Å²) in [5, 5.41) is 17.6. The first-order valence-corrected chi connectivity index (χ1v) is 5.44. The number of hydrogen-bond donors (Lipinski definition) is 1. The van der Waals surface area contributed by atoms with Crippen LogP contribution in [0.4, 0.5) is 17.6 Å². The van der Waals surface area contributed by atoms with E-state index in [0.29, 0.717) is 0 Å². The molecule has 0 saturated heterocycles. The summed E-state index contributed by atoms with van der Waals surface area (Å²) in [5.41, 5.74) is 0.284. The molecule has 0 atom stereocenters. The van der Waals surface area contributed by atoms with Gasteiger partial charge in [0.2, 0.25) is 0 Å². The molecule has 0 aliphatic heterocycles. The molecule has 0 bridgehead atoms. The van der Waals surface area contributed by atoms with E-state index in [9.17, 15) is 17.6 Å². The van der Waals surface area contributed by atoms with E-state index in [1.54, 1.807) is 6.07 Å². The number of nitrogens with zero attached hydrogens (tertiary/aromatic N) is 2. The molecule has 19 heavy (non-hydrogen) atoms. The van der Waals surface area contributed by atoms with E-state index in [1.807, 2.05) is 0 Å². The minimum atomic E-state index is -4.42. The first-order chi connectivity index (χ1) is 8.85. The molecule has 1 aromatic rings. The van der Waals surface area contributed by atoms with Gasteiger partial charge in [0.25, 0.3) is 0 Å². The van der Waals surface area contributed by atoms with Crippen molar-refractivity contribution in [3.63, 3.8) is 0 Å². The zero-order valence-corrected chi connectivity index (χ0v) is 9.91. The minimum absolute atomic E-state index is 0.117. The summed E-state index contributed by atoms with van der Waals surface area (Å²) in [6, 6.07) is 5.11. The molecule has 3 nitrogen and oxygen atoms in total. The molecule has 104 valence electrons. The number of benzene rings is 1. The number of aliphatic hydroxyl groups excluding tert-OH is 1. The van der Waals surface area contributed by atoms with Gasteiger partial charge in [-0.2, -0.15) is 18.4 Å². The van der Waals surface area contributed by atoms with Crippen molar-refractivity contribution in [2.45, 2.75) is 12.7 Å². The van der Waals surface area contributed by atoms with Crippen molar-refractivity contribution in [2.75, 3.05) is 19.7 Å². The lowest BCUT2D eigenvalue weighted by Crippen LogP contribution is -2.36. The molecule has 0 aliphatic rings. The highest BCUT2D eigenvalue weighted by Gasteiger charge is 2.30. The summed E-state index contributed by atoms with van der Waals surface area (Å²) in [6.45, 7) is -2.14. The highest BCUT2D eigenvalue weighted by atomic mass is 19.4. The summed E-state index contributed by atoms with van der Waals surface area (Å²) in [4.78, 5) is 0.912. The minimum Gasteiger partial charge on any atom is -0.395 e. The molecule has 0 radical (unpaired) electrons. The zero-order valence-electron chi connectivity index (χ0n) is 9.91. The summed E-state index contributed by atoms with van der Waals surface area (Å²) >= 11 is 0. The topological polar surface area (TPSA) is 47.3 Å². The third kappa shape index (κ3) is 5.24. The van der Waals surface area contributed by atoms with Gasteiger partial charge in [-0.05, 0) is 23.8 Å². The molecule has 0 aliphatic carbocycles. The van der Waals surface area contributed by atoms with E-state index >= 15 is 0 Å². The normalized spacial score (nSPS) is 11.6. The zero-order chi connectivity index (χ0) is 14.5. The number of alkyl halides is 3. The number of aliphatic hydroxyl groups is 1. The van der Waals surface area contributed by atoms with Crippen LogP contribution in [0.5, 0.6) is 0 Å². The maximum absolute atomic E-state index is 13.1. The van der Waals surface area contributed by atoms with Crippen LogP contribution in [0.2, 0.25) is 0 Å². The molecular weight excluding hydrogens is 264 g/mol. The molecule has 1 aromatic carbocycles. The van der Waals surface area contributed by atoms with Crippen molar-refractivity contribution in [1.29, 1.82) is 5.26 Å². The smallest absolute Gasteiger partial charge is 0.395 e. The standard InChI is InChI=1S/C12H12F4N2O/c13-11-2-1-9(6-17)10(5-11)7-18(3-4-19)8-12(14,15)16/h1-2,5,19H,3-4,7-8H2. The third-order valence-electron chi connectivity index (χ3n) is 2.40. The maximum atomic E-state index is 13.1. The second-order valence-electron chi connectivity index (χ2n) is 3.96. The van der Waals surface area contributed by atoms with Gasteiger partial charge in [-0.3, -0.25) is 4.90 Å². The SMILES string of the molecule is N#Cc1ccc(F)cc1CN(CCO)CC(F)(F)F.